The zero-order chi connectivity index (χ0) is 15.2. The van der Waals surface area contributed by atoms with Crippen LogP contribution in [0.4, 0.5) is 0 Å². The van der Waals surface area contributed by atoms with E-state index in [1.807, 2.05) is 12.1 Å². The first kappa shape index (κ1) is 15.6. The first-order valence-electron chi connectivity index (χ1n) is 7.64. The Bertz CT molecular complexity index is 575. The van der Waals surface area contributed by atoms with E-state index in [0.29, 0.717) is 6.61 Å². The smallest absolute Gasteiger partial charge is 0.119 e. The van der Waals surface area contributed by atoms with E-state index in [1.54, 1.807) is 0 Å². The molecule has 0 saturated heterocycles. The highest BCUT2D eigenvalue weighted by atomic mass is 16.5. The fraction of sp³-hybridized carbons (Fsp3) is 0.368. The molecule has 2 N–H and O–H groups in total. The molecule has 2 nitrogen and oxygen atoms in total. The van der Waals surface area contributed by atoms with Gasteiger partial charge < -0.3 is 10.5 Å². The van der Waals surface area contributed by atoms with Gasteiger partial charge in [0.05, 0.1) is 6.04 Å². The normalized spacial score (nSPS) is 12.2. The molecule has 0 aliphatic heterocycles. The highest BCUT2D eigenvalue weighted by Crippen LogP contribution is 2.19. The van der Waals surface area contributed by atoms with Gasteiger partial charge in [-0.3, -0.25) is 0 Å². The Labute approximate surface area is 127 Å². The minimum absolute atomic E-state index is 0.0964. The SMILES string of the molecule is CCCc1ccc(OCC(N)c2ccc(C)cc2C)cc1. The van der Waals surface area contributed by atoms with Crippen LogP contribution in [0.25, 0.3) is 0 Å². The van der Waals surface area contributed by atoms with Gasteiger partial charge in [-0.1, -0.05) is 49.2 Å². The summed E-state index contributed by atoms with van der Waals surface area (Å²) in [4.78, 5) is 0. The third kappa shape index (κ3) is 4.33. The van der Waals surface area contributed by atoms with Crippen LogP contribution >= 0.6 is 0 Å². The molecule has 0 spiro atoms. The van der Waals surface area contributed by atoms with Crippen LogP contribution in [0.1, 0.15) is 41.6 Å². The standard InChI is InChI=1S/C19H25NO/c1-4-5-16-7-9-17(10-8-16)21-13-19(20)18-11-6-14(2)12-15(18)3/h6-12,19H,4-5,13,20H2,1-3H3. The predicted molar refractivity (Wildman–Crippen MR) is 88.8 cm³/mol. The molecule has 0 heterocycles. The number of benzene rings is 2. The Morgan fingerprint density at radius 2 is 1.76 bits per heavy atom. The van der Waals surface area contributed by atoms with E-state index in [-0.39, 0.29) is 6.04 Å². The highest BCUT2D eigenvalue weighted by Gasteiger charge is 2.10. The van der Waals surface area contributed by atoms with E-state index in [1.165, 1.54) is 16.7 Å². The second-order valence-electron chi connectivity index (χ2n) is 5.67. The second-order valence-corrected chi connectivity index (χ2v) is 5.67. The number of hydrogen-bond donors (Lipinski definition) is 1. The van der Waals surface area contributed by atoms with E-state index in [2.05, 4.69) is 51.1 Å². The van der Waals surface area contributed by atoms with Gasteiger partial charge in [0.25, 0.3) is 0 Å². The topological polar surface area (TPSA) is 35.2 Å². The Hall–Kier alpha value is -1.80. The Morgan fingerprint density at radius 3 is 2.38 bits per heavy atom. The van der Waals surface area contributed by atoms with Crippen LogP contribution in [0.5, 0.6) is 5.75 Å². The van der Waals surface area contributed by atoms with Crippen LogP contribution in [0.2, 0.25) is 0 Å². The van der Waals surface area contributed by atoms with Crippen LogP contribution < -0.4 is 10.5 Å². The van der Waals surface area contributed by atoms with Gasteiger partial charge >= 0.3 is 0 Å². The number of rotatable bonds is 6. The molecule has 1 unspecified atom stereocenters. The summed E-state index contributed by atoms with van der Waals surface area (Å²) in [5, 5.41) is 0. The van der Waals surface area contributed by atoms with E-state index >= 15 is 0 Å². The molecule has 1 atom stereocenters. The molecule has 0 saturated carbocycles. The molecule has 0 aromatic heterocycles. The second kappa shape index (κ2) is 7.28. The van der Waals surface area contributed by atoms with Crippen LogP contribution in [-0.4, -0.2) is 6.61 Å². The quantitative estimate of drug-likeness (QED) is 0.856. The monoisotopic (exact) mass is 283 g/mol. The molecule has 2 aromatic rings. The fourth-order valence-corrected chi connectivity index (χ4v) is 2.56. The Kier molecular flexibility index (Phi) is 5.40. The lowest BCUT2D eigenvalue weighted by molar-refractivity contribution is 0.290. The summed E-state index contributed by atoms with van der Waals surface area (Å²) in [6.45, 7) is 6.88. The van der Waals surface area contributed by atoms with Gasteiger partial charge in [0.2, 0.25) is 0 Å². The third-order valence-corrected chi connectivity index (χ3v) is 3.72. The van der Waals surface area contributed by atoms with Crippen molar-refractivity contribution in [2.75, 3.05) is 6.61 Å². The van der Waals surface area contributed by atoms with Crippen LogP contribution in [0, 0.1) is 13.8 Å². The van der Waals surface area contributed by atoms with Crippen molar-refractivity contribution in [3.63, 3.8) is 0 Å². The molecule has 0 fully saturated rings. The van der Waals surface area contributed by atoms with Crippen molar-refractivity contribution in [1.29, 1.82) is 0 Å². The van der Waals surface area contributed by atoms with Gasteiger partial charge in [-0.2, -0.15) is 0 Å². The maximum Gasteiger partial charge on any atom is 0.119 e. The number of nitrogens with two attached hydrogens (primary N) is 1. The summed E-state index contributed by atoms with van der Waals surface area (Å²) in [5.41, 5.74) is 11.2. The van der Waals surface area contributed by atoms with E-state index in [9.17, 15) is 0 Å². The molecule has 2 aromatic carbocycles. The van der Waals surface area contributed by atoms with Crippen molar-refractivity contribution in [3.8, 4) is 5.75 Å². The summed E-state index contributed by atoms with van der Waals surface area (Å²) in [6.07, 6.45) is 2.28. The predicted octanol–water partition coefficient (Wildman–Crippen LogP) is 4.33. The molecular weight excluding hydrogens is 258 g/mol. The number of aryl methyl sites for hydroxylation is 3. The van der Waals surface area contributed by atoms with Gasteiger partial charge in [0.15, 0.2) is 0 Å². The highest BCUT2D eigenvalue weighted by molar-refractivity contribution is 5.33. The summed E-state index contributed by atoms with van der Waals surface area (Å²) in [6, 6.07) is 14.6. The average molecular weight is 283 g/mol. The maximum atomic E-state index is 6.25. The van der Waals surface area contributed by atoms with Gasteiger partial charge in [-0.25, -0.2) is 0 Å². The van der Waals surface area contributed by atoms with E-state index < -0.39 is 0 Å². The molecule has 2 rings (SSSR count). The molecule has 0 bridgehead atoms. The molecule has 0 aliphatic carbocycles. The van der Waals surface area contributed by atoms with Gasteiger partial charge in [0.1, 0.15) is 12.4 Å². The van der Waals surface area contributed by atoms with Crippen molar-refractivity contribution in [2.24, 2.45) is 5.73 Å². The van der Waals surface area contributed by atoms with Gasteiger partial charge in [0, 0.05) is 0 Å². The van der Waals surface area contributed by atoms with Gasteiger partial charge in [-0.15, -0.1) is 0 Å². The Morgan fingerprint density at radius 1 is 1.05 bits per heavy atom. The molecule has 0 aliphatic rings. The van der Waals surface area contributed by atoms with Gasteiger partial charge in [-0.05, 0) is 49.1 Å². The molecule has 112 valence electrons. The van der Waals surface area contributed by atoms with E-state index in [0.717, 1.165) is 24.2 Å². The third-order valence-electron chi connectivity index (χ3n) is 3.72. The van der Waals surface area contributed by atoms with Crippen LogP contribution in [0.3, 0.4) is 0 Å². The lowest BCUT2D eigenvalue weighted by Crippen LogP contribution is -2.20. The summed E-state index contributed by atoms with van der Waals surface area (Å²) in [5.74, 6) is 0.884. The maximum absolute atomic E-state index is 6.25. The Balaban J connectivity index is 1.95. The zero-order valence-corrected chi connectivity index (χ0v) is 13.2. The first-order chi connectivity index (χ1) is 10.1. The van der Waals surface area contributed by atoms with Crippen molar-refractivity contribution in [1.82, 2.24) is 0 Å². The lowest BCUT2D eigenvalue weighted by atomic mass is 10.0. The van der Waals surface area contributed by atoms with Crippen molar-refractivity contribution in [3.05, 3.63) is 64.7 Å². The lowest BCUT2D eigenvalue weighted by Gasteiger charge is -2.16. The number of ether oxygens (including phenoxy) is 1. The molecule has 0 amide bonds. The summed E-state index contributed by atoms with van der Waals surface area (Å²) >= 11 is 0. The van der Waals surface area contributed by atoms with Crippen LogP contribution in [0.15, 0.2) is 42.5 Å². The molecular formula is C19H25NO. The first-order valence-corrected chi connectivity index (χ1v) is 7.64. The molecule has 0 radical (unpaired) electrons. The van der Waals surface area contributed by atoms with Crippen molar-refractivity contribution in [2.45, 2.75) is 39.7 Å². The minimum Gasteiger partial charge on any atom is -0.492 e. The zero-order valence-electron chi connectivity index (χ0n) is 13.2. The number of hydrogen-bond acceptors (Lipinski definition) is 2. The van der Waals surface area contributed by atoms with Crippen LogP contribution in [-0.2, 0) is 6.42 Å². The summed E-state index contributed by atoms with van der Waals surface area (Å²) < 4.78 is 5.82. The van der Waals surface area contributed by atoms with Crippen molar-refractivity contribution < 1.29 is 4.74 Å². The van der Waals surface area contributed by atoms with E-state index in [4.69, 9.17) is 10.5 Å². The average Bonchev–Trinajstić information content (AvgIpc) is 2.46. The molecule has 2 heteroatoms. The largest absolute Gasteiger partial charge is 0.492 e. The molecule has 21 heavy (non-hydrogen) atoms. The minimum atomic E-state index is -0.0964. The fourth-order valence-electron chi connectivity index (χ4n) is 2.56. The van der Waals surface area contributed by atoms with Crippen molar-refractivity contribution >= 4 is 0 Å². The summed E-state index contributed by atoms with van der Waals surface area (Å²) in [7, 11) is 0.